The summed E-state index contributed by atoms with van der Waals surface area (Å²) in [5.74, 6) is -0.330. The first-order valence-electron chi connectivity index (χ1n) is 4.60. The number of hydrogen-bond acceptors (Lipinski definition) is 3. The summed E-state index contributed by atoms with van der Waals surface area (Å²) in [4.78, 5) is 13.1. The van der Waals surface area contributed by atoms with Crippen LogP contribution in [0, 0.1) is 0 Å². The molecule has 1 N–H and O–H groups in total. The Morgan fingerprint density at radius 2 is 2.50 bits per heavy atom. The number of hydrogen-bond donors (Lipinski definition) is 1. The van der Waals surface area contributed by atoms with Gasteiger partial charge < -0.3 is 5.32 Å². The van der Waals surface area contributed by atoms with Gasteiger partial charge in [-0.2, -0.15) is 0 Å². The van der Waals surface area contributed by atoms with Crippen molar-refractivity contribution in [3.05, 3.63) is 21.4 Å². The Balaban J connectivity index is 2.31. The highest BCUT2D eigenvalue weighted by Crippen LogP contribution is 2.25. The molecule has 1 aliphatic heterocycles. The standard InChI is InChI=1S/C10H12NO2S/c1-13-10(12)8-5-7-3-2-4-11-6-9(7)14-8/h5,11H,1-4,6H2/q+1. The molecular weight excluding hydrogens is 198 g/mol. The molecule has 2 heterocycles. The van der Waals surface area contributed by atoms with E-state index in [1.165, 1.54) is 21.8 Å². The molecule has 0 radical (unpaired) electrons. The third-order valence-electron chi connectivity index (χ3n) is 2.31. The van der Waals surface area contributed by atoms with Crippen molar-refractivity contribution in [2.45, 2.75) is 19.4 Å². The van der Waals surface area contributed by atoms with Crippen LogP contribution < -0.4 is 5.32 Å². The summed E-state index contributed by atoms with van der Waals surface area (Å²) in [7, 11) is 0. The summed E-state index contributed by atoms with van der Waals surface area (Å²) >= 11 is 1.50. The molecule has 4 heteroatoms. The van der Waals surface area contributed by atoms with E-state index < -0.39 is 0 Å². The lowest BCUT2D eigenvalue weighted by molar-refractivity contribution is -0.333. The predicted molar refractivity (Wildman–Crippen MR) is 55.8 cm³/mol. The van der Waals surface area contributed by atoms with Crippen LogP contribution >= 0.6 is 11.3 Å². The summed E-state index contributed by atoms with van der Waals surface area (Å²) in [6, 6.07) is 1.93. The monoisotopic (exact) mass is 210 g/mol. The SMILES string of the molecule is C=[O+]C(=O)c1cc2c(s1)CNCCC2. The summed E-state index contributed by atoms with van der Waals surface area (Å²) in [6.45, 7) is 5.05. The quantitative estimate of drug-likeness (QED) is 0.709. The van der Waals surface area contributed by atoms with Crippen molar-refractivity contribution in [1.29, 1.82) is 0 Å². The van der Waals surface area contributed by atoms with Gasteiger partial charge in [-0.3, -0.25) is 4.42 Å². The molecule has 1 aromatic rings. The third kappa shape index (κ3) is 1.76. The van der Waals surface area contributed by atoms with E-state index in [4.69, 9.17) is 0 Å². The van der Waals surface area contributed by atoms with Gasteiger partial charge in [-0.1, -0.05) is 0 Å². The van der Waals surface area contributed by atoms with Crippen LogP contribution in [0.1, 0.15) is 26.5 Å². The lowest BCUT2D eigenvalue weighted by Crippen LogP contribution is -2.11. The number of carbonyl (C=O) groups excluding carboxylic acids is 2. The highest BCUT2D eigenvalue weighted by molar-refractivity contribution is 7.14. The van der Waals surface area contributed by atoms with Crippen molar-refractivity contribution in [3.63, 3.8) is 0 Å². The van der Waals surface area contributed by atoms with Crippen LogP contribution in [0.2, 0.25) is 0 Å². The van der Waals surface area contributed by atoms with Gasteiger partial charge in [0.25, 0.3) is 0 Å². The van der Waals surface area contributed by atoms with Crippen molar-refractivity contribution < 1.29 is 9.22 Å². The molecule has 14 heavy (non-hydrogen) atoms. The fourth-order valence-corrected chi connectivity index (χ4v) is 2.68. The van der Waals surface area contributed by atoms with E-state index in [9.17, 15) is 4.79 Å². The molecule has 0 unspecified atom stereocenters. The fraction of sp³-hybridized carbons (Fsp3) is 0.400. The molecule has 0 aliphatic carbocycles. The number of nitrogens with one attached hydrogen (secondary N) is 1. The van der Waals surface area contributed by atoms with Crippen LogP contribution in [-0.2, 0) is 17.4 Å². The first-order valence-corrected chi connectivity index (χ1v) is 5.41. The number of thiophene rings is 1. The zero-order valence-electron chi connectivity index (χ0n) is 7.84. The zero-order chi connectivity index (χ0) is 9.97. The fourth-order valence-electron chi connectivity index (χ4n) is 1.61. The largest absolute Gasteiger partial charge is 0.622 e. The predicted octanol–water partition coefficient (Wildman–Crippen LogP) is 1.29. The number of carbonyl (C=O) groups is 1. The third-order valence-corrected chi connectivity index (χ3v) is 3.47. The minimum absolute atomic E-state index is 0.330. The Hall–Kier alpha value is -1.00. The van der Waals surface area contributed by atoms with Crippen molar-refractivity contribution in [2.75, 3.05) is 6.54 Å². The summed E-state index contributed by atoms with van der Waals surface area (Å²) in [6.07, 6.45) is 2.17. The maximum atomic E-state index is 11.2. The molecule has 1 aliphatic rings. The minimum Gasteiger partial charge on any atom is -0.312 e. The molecule has 0 saturated heterocycles. The van der Waals surface area contributed by atoms with E-state index >= 15 is 0 Å². The molecular formula is C10H12NO2S+. The van der Waals surface area contributed by atoms with Crippen molar-refractivity contribution in [1.82, 2.24) is 5.32 Å². The average molecular weight is 210 g/mol. The lowest BCUT2D eigenvalue weighted by Gasteiger charge is -1.94. The molecule has 0 aromatic carbocycles. The molecule has 0 amide bonds. The average Bonchev–Trinajstić information content (AvgIpc) is 2.49. The van der Waals surface area contributed by atoms with Crippen molar-refractivity contribution in [2.24, 2.45) is 0 Å². The molecule has 1 aromatic heterocycles. The van der Waals surface area contributed by atoms with E-state index in [0.29, 0.717) is 4.88 Å². The second-order valence-electron chi connectivity index (χ2n) is 3.27. The second kappa shape index (κ2) is 4.02. The number of fused-ring (bicyclic) bond motifs is 1. The van der Waals surface area contributed by atoms with Crippen LogP contribution in [0.25, 0.3) is 0 Å². The highest BCUT2D eigenvalue weighted by atomic mass is 32.1. The highest BCUT2D eigenvalue weighted by Gasteiger charge is 2.22. The van der Waals surface area contributed by atoms with E-state index in [1.54, 1.807) is 0 Å². The van der Waals surface area contributed by atoms with E-state index in [2.05, 4.69) is 16.5 Å². The van der Waals surface area contributed by atoms with Gasteiger partial charge in [0.15, 0.2) is 11.7 Å². The Bertz CT molecular complexity index is 347. The van der Waals surface area contributed by atoms with Gasteiger partial charge in [0.2, 0.25) is 0 Å². The van der Waals surface area contributed by atoms with Gasteiger partial charge in [0.1, 0.15) is 0 Å². The van der Waals surface area contributed by atoms with Crippen LogP contribution in [0.15, 0.2) is 6.07 Å². The van der Waals surface area contributed by atoms with Gasteiger partial charge in [-0.25, -0.2) is 0 Å². The molecule has 0 saturated carbocycles. The summed E-state index contributed by atoms with van der Waals surface area (Å²) in [5, 5.41) is 3.32. The second-order valence-corrected chi connectivity index (χ2v) is 4.41. The van der Waals surface area contributed by atoms with E-state index in [-0.39, 0.29) is 5.97 Å². The van der Waals surface area contributed by atoms with Gasteiger partial charge in [-0.05, 0) is 31.0 Å². The van der Waals surface area contributed by atoms with Crippen LogP contribution in [0.5, 0.6) is 0 Å². The van der Waals surface area contributed by atoms with E-state index in [1.807, 2.05) is 6.07 Å². The Labute approximate surface area is 86.4 Å². The maximum Gasteiger partial charge on any atom is 0.622 e. The molecule has 0 spiro atoms. The van der Waals surface area contributed by atoms with Crippen LogP contribution in [-0.4, -0.2) is 19.3 Å². The smallest absolute Gasteiger partial charge is 0.312 e. The molecule has 2 rings (SSSR count). The molecule has 0 fully saturated rings. The van der Waals surface area contributed by atoms with Crippen LogP contribution in [0.3, 0.4) is 0 Å². The number of aryl methyl sites for hydroxylation is 1. The van der Waals surface area contributed by atoms with Gasteiger partial charge in [0.05, 0.1) is 4.79 Å². The first kappa shape index (κ1) is 9.55. The van der Waals surface area contributed by atoms with Crippen molar-refractivity contribution in [3.8, 4) is 0 Å². The molecule has 3 nitrogen and oxygen atoms in total. The molecule has 0 atom stereocenters. The van der Waals surface area contributed by atoms with Gasteiger partial charge >= 0.3 is 5.97 Å². The van der Waals surface area contributed by atoms with Crippen LogP contribution in [0.4, 0.5) is 0 Å². The zero-order valence-corrected chi connectivity index (χ0v) is 8.65. The van der Waals surface area contributed by atoms with E-state index in [0.717, 1.165) is 25.9 Å². The Kier molecular flexibility index (Phi) is 2.74. The Morgan fingerprint density at radius 3 is 3.29 bits per heavy atom. The maximum absolute atomic E-state index is 11.2. The number of rotatable bonds is 1. The lowest BCUT2D eigenvalue weighted by atomic mass is 10.1. The van der Waals surface area contributed by atoms with Gasteiger partial charge in [-0.15, -0.1) is 11.3 Å². The first-order chi connectivity index (χ1) is 6.81. The summed E-state index contributed by atoms with van der Waals surface area (Å²) < 4.78 is 4.45. The summed E-state index contributed by atoms with van der Waals surface area (Å²) in [5.41, 5.74) is 1.28. The normalized spacial score (nSPS) is 15.7. The van der Waals surface area contributed by atoms with Crippen molar-refractivity contribution >= 4 is 24.1 Å². The minimum atomic E-state index is -0.330. The Morgan fingerprint density at radius 1 is 1.64 bits per heavy atom. The topological polar surface area (TPSA) is 40.4 Å². The molecule has 0 bridgehead atoms. The van der Waals surface area contributed by atoms with Gasteiger partial charge in [0, 0.05) is 11.4 Å². The molecule has 74 valence electrons.